The van der Waals surface area contributed by atoms with Crippen molar-refractivity contribution < 1.29 is 0 Å². The Morgan fingerprint density at radius 1 is 1.19 bits per heavy atom. The smallest absolute Gasteiger partial charge is 0.0641 e. The molecule has 0 aliphatic carbocycles. The van der Waals surface area contributed by atoms with Gasteiger partial charge in [0.05, 0.1) is 5.69 Å². The normalized spacial score (nSPS) is 11.0. The lowest BCUT2D eigenvalue weighted by Crippen LogP contribution is -2.13. The van der Waals surface area contributed by atoms with Crippen LogP contribution >= 0.6 is 0 Å². The van der Waals surface area contributed by atoms with E-state index in [-0.39, 0.29) is 0 Å². The Morgan fingerprint density at radius 2 is 1.94 bits per heavy atom. The molecule has 92 valence electrons. The summed E-state index contributed by atoms with van der Waals surface area (Å²) in [5.41, 5.74) is 3.88. The number of unbranched alkanes of at least 4 members (excludes halogenated alkanes) is 2. The Morgan fingerprint density at radius 3 is 2.56 bits per heavy atom. The second-order valence-corrected chi connectivity index (χ2v) is 4.36. The molecule has 1 rings (SSSR count). The molecule has 0 atom stereocenters. The summed E-state index contributed by atoms with van der Waals surface area (Å²) < 4.78 is 2.16. The van der Waals surface area contributed by atoms with Crippen molar-refractivity contribution in [3.63, 3.8) is 0 Å². The number of rotatable bonds is 7. The number of aromatic nitrogens is 2. The molecule has 0 saturated heterocycles. The highest BCUT2D eigenvalue weighted by Gasteiger charge is 2.09. The molecule has 0 bridgehead atoms. The van der Waals surface area contributed by atoms with Gasteiger partial charge in [-0.15, -0.1) is 0 Å². The zero-order chi connectivity index (χ0) is 12.0. The van der Waals surface area contributed by atoms with Gasteiger partial charge in [0, 0.05) is 24.3 Å². The molecule has 0 radical (unpaired) electrons. The topological polar surface area (TPSA) is 29.9 Å². The van der Waals surface area contributed by atoms with E-state index in [4.69, 9.17) is 0 Å². The van der Waals surface area contributed by atoms with Crippen LogP contribution in [-0.2, 0) is 13.1 Å². The predicted molar refractivity (Wildman–Crippen MR) is 68.6 cm³/mol. The van der Waals surface area contributed by atoms with Gasteiger partial charge in [-0.3, -0.25) is 4.68 Å². The Balaban J connectivity index is 2.64. The molecule has 0 aliphatic rings. The summed E-state index contributed by atoms with van der Waals surface area (Å²) in [6, 6.07) is 0. The maximum atomic E-state index is 4.61. The summed E-state index contributed by atoms with van der Waals surface area (Å²) in [4.78, 5) is 0. The van der Waals surface area contributed by atoms with E-state index in [1.165, 1.54) is 36.2 Å². The molecule has 16 heavy (non-hydrogen) atoms. The van der Waals surface area contributed by atoms with E-state index in [1.807, 2.05) is 0 Å². The first-order chi connectivity index (χ1) is 7.70. The Bertz CT molecular complexity index is 315. The molecule has 1 N–H and O–H groups in total. The number of hydrogen-bond acceptors (Lipinski definition) is 2. The van der Waals surface area contributed by atoms with Crippen LogP contribution in [0.15, 0.2) is 0 Å². The van der Waals surface area contributed by atoms with Crippen molar-refractivity contribution in [2.75, 3.05) is 6.54 Å². The number of aryl methyl sites for hydroxylation is 2. The maximum Gasteiger partial charge on any atom is 0.0641 e. The molecule has 0 aromatic carbocycles. The molecule has 0 fully saturated rings. The standard InChI is InChI=1S/C13H25N3/c1-5-7-8-9-16-12(4)13(10-14-6-2)11(3)15-16/h14H,5-10H2,1-4H3. The fourth-order valence-corrected chi connectivity index (χ4v) is 1.97. The molecule has 0 spiro atoms. The summed E-state index contributed by atoms with van der Waals surface area (Å²) in [6.45, 7) is 11.7. The highest BCUT2D eigenvalue weighted by molar-refractivity contribution is 5.24. The van der Waals surface area contributed by atoms with Crippen molar-refractivity contribution in [3.8, 4) is 0 Å². The van der Waals surface area contributed by atoms with E-state index in [0.717, 1.165) is 19.6 Å². The molecular weight excluding hydrogens is 198 g/mol. The van der Waals surface area contributed by atoms with Gasteiger partial charge in [-0.1, -0.05) is 26.7 Å². The van der Waals surface area contributed by atoms with Gasteiger partial charge in [0.1, 0.15) is 0 Å². The first kappa shape index (κ1) is 13.2. The maximum absolute atomic E-state index is 4.61. The molecular formula is C13H25N3. The predicted octanol–water partition coefficient (Wildman–Crippen LogP) is 2.80. The van der Waals surface area contributed by atoms with Gasteiger partial charge in [-0.05, 0) is 26.8 Å². The monoisotopic (exact) mass is 223 g/mol. The average molecular weight is 223 g/mol. The molecule has 0 saturated carbocycles. The molecule has 3 nitrogen and oxygen atoms in total. The van der Waals surface area contributed by atoms with Crippen LogP contribution < -0.4 is 5.32 Å². The molecule has 1 aromatic heterocycles. The van der Waals surface area contributed by atoms with Crippen molar-refractivity contribution in [1.29, 1.82) is 0 Å². The van der Waals surface area contributed by atoms with Crippen molar-refractivity contribution >= 4 is 0 Å². The molecule has 0 aliphatic heterocycles. The number of nitrogens with zero attached hydrogens (tertiary/aromatic N) is 2. The fourth-order valence-electron chi connectivity index (χ4n) is 1.97. The van der Waals surface area contributed by atoms with E-state index in [1.54, 1.807) is 0 Å². The van der Waals surface area contributed by atoms with E-state index < -0.39 is 0 Å². The van der Waals surface area contributed by atoms with Crippen LogP contribution in [-0.4, -0.2) is 16.3 Å². The first-order valence-corrected chi connectivity index (χ1v) is 6.44. The zero-order valence-electron chi connectivity index (χ0n) is 11.1. The summed E-state index contributed by atoms with van der Waals surface area (Å²) in [5.74, 6) is 0. The second kappa shape index (κ2) is 6.69. The molecule has 1 aromatic rings. The minimum atomic E-state index is 0.946. The minimum absolute atomic E-state index is 0.946. The molecule has 0 amide bonds. The highest BCUT2D eigenvalue weighted by Crippen LogP contribution is 2.13. The third-order valence-electron chi connectivity index (χ3n) is 3.06. The van der Waals surface area contributed by atoms with E-state index in [0.29, 0.717) is 0 Å². The van der Waals surface area contributed by atoms with Crippen LogP contribution in [0.1, 0.15) is 50.1 Å². The van der Waals surface area contributed by atoms with Crippen LogP contribution in [0.2, 0.25) is 0 Å². The Labute approximate surface area is 99.2 Å². The number of hydrogen-bond donors (Lipinski definition) is 1. The van der Waals surface area contributed by atoms with Crippen molar-refractivity contribution in [2.45, 2.75) is 60.0 Å². The van der Waals surface area contributed by atoms with Crippen LogP contribution in [0.25, 0.3) is 0 Å². The van der Waals surface area contributed by atoms with Crippen LogP contribution in [0.3, 0.4) is 0 Å². The van der Waals surface area contributed by atoms with Gasteiger partial charge in [-0.25, -0.2) is 0 Å². The average Bonchev–Trinajstić information content (AvgIpc) is 2.53. The summed E-state index contributed by atoms with van der Waals surface area (Å²) >= 11 is 0. The van der Waals surface area contributed by atoms with Crippen LogP contribution in [0.5, 0.6) is 0 Å². The fraction of sp³-hybridized carbons (Fsp3) is 0.769. The lowest BCUT2D eigenvalue weighted by molar-refractivity contribution is 0.539. The Kier molecular flexibility index (Phi) is 5.53. The lowest BCUT2D eigenvalue weighted by atomic mass is 10.2. The van der Waals surface area contributed by atoms with Crippen molar-refractivity contribution in [3.05, 3.63) is 17.0 Å². The summed E-state index contributed by atoms with van der Waals surface area (Å²) in [6.07, 6.45) is 3.80. The van der Waals surface area contributed by atoms with E-state index in [2.05, 4.69) is 42.8 Å². The molecule has 3 heteroatoms. The van der Waals surface area contributed by atoms with Gasteiger partial charge >= 0.3 is 0 Å². The largest absolute Gasteiger partial charge is 0.313 e. The lowest BCUT2D eigenvalue weighted by Gasteiger charge is -2.05. The SMILES string of the molecule is CCCCCn1nc(C)c(CNCC)c1C. The van der Waals surface area contributed by atoms with Gasteiger partial charge in [0.25, 0.3) is 0 Å². The molecule has 0 unspecified atom stereocenters. The van der Waals surface area contributed by atoms with E-state index >= 15 is 0 Å². The van der Waals surface area contributed by atoms with Crippen LogP contribution in [0.4, 0.5) is 0 Å². The summed E-state index contributed by atoms with van der Waals surface area (Å²) in [7, 11) is 0. The van der Waals surface area contributed by atoms with Gasteiger partial charge in [-0.2, -0.15) is 5.10 Å². The van der Waals surface area contributed by atoms with Gasteiger partial charge < -0.3 is 5.32 Å². The van der Waals surface area contributed by atoms with Crippen molar-refractivity contribution in [2.24, 2.45) is 0 Å². The zero-order valence-corrected chi connectivity index (χ0v) is 11.1. The highest BCUT2D eigenvalue weighted by atomic mass is 15.3. The van der Waals surface area contributed by atoms with Gasteiger partial charge in [0.15, 0.2) is 0 Å². The molecule has 1 heterocycles. The van der Waals surface area contributed by atoms with Crippen LogP contribution in [0, 0.1) is 13.8 Å². The van der Waals surface area contributed by atoms with E-state index in [9.17, 15) is 0 Å². The summed E-state index contributed by atoms with van der Waals surface area (Å²) in [5, 5.41) is 7.99. The third kappa shape index (κ3) is 3.34. The number of nitrogens with one attached hydrogen (secondary N) is 1. The Hall–Kier alpha value is -0.830. The van der Waals surface area contributed by atoms with Crippen molar-refractivity contribution in [1.82, 2.24) is 15.1 Å². The third-order valence-corrected chi connectivity index (χ3v) is 3.06. The second-order valence-electron chi connectivity index (χ2n) is 4.36. The minimum Gasteiger partial charge on any atom is -0.313 e. The van der Waals surface area contributed by atoms with Gasteiger partial charge in [0.2, 0.25) is 0 Å². The quantitative estimate of drug-likeness (QED) is 0.720. The first-order valence-electron chi connectivity index (χ1n) is 6.44.